The van der Waals surface area contributed by atoms with Gasteiger partial charge in [-0.1, -0.05) is 58.2 Å². The van der Waals surface area contributed by atoms with Crippen LogP contribution in [0.3, 0.4) is 0 Å². The van der Waals surface area contributed by atoms with E-state index in [0.717, 1.165) is 31.2 Å². The number of carbonyl (C=O) groups excluding carboxylic acids is 1. The van der Waals surface area contributed by atoms with Crippen molar-refractivity contribution in [2.75, 3.05) is 6.54 Å². The Balaban J connectivity index is 2.07. The molecule has 1 aliphatic carbocycles. The zero-order chi connectivity index (χ0) is 15.5. The van der Waals surface area contributed by atoms with Crippen LogP contribution in [0.25, 0.3) is 0 Å². The van der Waals surface area contributed by atoms with E-state index in [4.69, 9.17) is 0 Å². The summed E-state index contributed by atoms with van der Waals surface area (Å²) in [5.41, 5.74) is 0.961. The van der Waals surface area contributed by atoms with Crippen molar-refractivity contribution in [3.05, 3.63) is 35.4 Å². The monoisotopic (exact) mass is 289 g/mol. The first-order chi connectivity index (χ1) is 9.82. The molecule has 0 heterocycles. The lowest BCUT2D eigenvalue weighted by atomic mass is 9.83. The second-order valence-corrected chi connectivity index (χ2v) is 7.26. The van der Waals surface area contributed by atoms with Crippen molar-refractivity contribution in [2.45, 2.75) is 63.9 Å². The van der Waals surface area contributed by atoms with E-state index in [1.165, 1.54) is 6.42 Å². The van der Waals surface area contributed by atoms with Crippen molar-refractivity contribution >= 4 is 5.91 Å². The second kappa shape index (κ2) is 6.18. The molecule has 3 nitrogen and oxygen atoms in total. The summed E-state index contributed by atoms with van der Waals surface area (Å²) in [6.07, 6.45) is 4.85. The molecule has 1 amide bonds. The molecule has 0 atom stereocenters. The maximum Gasteiger partial charge on any atom is 0.251 e. The molecule has 1 fully saturated rings. The zero-order valence-corrected chi connectivity index (χ0v) is 13.4. The highest BCUT2D eigenvalue weighted by Crippen LogP contribution is 2.28. The van der Waals surface area contributed by atoms with Gasteiger partial charge in [-0.05, 0) is 29.9 Å². The molecule has 0 radical (unpaired) electrons. The van der Waals surface area contributed by atoms with Crippen LogP contribution in [-0.2, 0) is 5.41 Å². The molecule has 1 aromatic rings. The summed E-state index contributed by atoms with van der Waals surface area (Å²) >= 11 is 0. The van der Waals surface area contributed by atoms with E-state index >= 15 is 0 Å². The first kappa shape index (κ1) is 16.0. The van der Waals surface area contributed by atoms with Crippen LogP contribution in [0.5, 0.6) is 0 Å². The van der Waals surface area contributed by atoms with Crippen LogP contribution in [-0.4, -0.2) is 23.2 Å². The van der Waals surface area contributed by atoms with Gasteiger partial charge in [0.25, 0.3) is 5.91 Å². The van der Waals surface area contributed by atoms with Crippen molar-refractivity contribution in [2.24, 2.45) is 0 Å². The molecule has 21 heavy (non-hydrogen) atoms. The highest BCUT2D eigenvalue weighted by molar-refractivity contribution is 5.96. The molecular weight excluding hydrogens is 262 g/mol. The Hall–Kier alpha value is -1.35. The number of hydrogen-bond donors (Lipinski definition) is 2. The largest absolute Gasteiger partial charge is 0.388 e. The molecule has 3 heteroatoms. The summed E-state index contributed by atoms with van der Waals surface area (Å²) in [4.78, 5) is 12.5. The van der Waals surface area contributed by atoms with Gasteiger partial charge in [0.2, 0.25) is 0 Å². The predicted molar refractivity (Wildman–Crippen MR) is 85.5 cm³/mol. The van der Waals surface area contributed by atoms with E-state index in [1.54, 1.807) is 0 Å². The van der Waals surface area contributed by atoms with Gasteiger partial charge in [0.1, 0.15) is 0 Å². The van der Waals surface area contributed by atoms with E-state index in [1.807, 2.05) is 24.3 Å². The predicted octanol–water partition coefficient (Wildman–Crippen LogP) is 3.41. The smallest absolute Gasteiger partial charge is 0.251 e. The highest BCUT2D eigenvalue weighted by Gasteiger charge is 2.30. The fraction of sp³-hybridized carbons (Fsp3) is 0.611. The Morgan fingerprint density at radius 1 is 1.19 bits per heavy atom. The van der Waals surface area contributed by atoms with Crippen LogP contribution in [0.2, 0.25) is 0 Å². The van der Waals surface area contributed by atoms with Crippen LogP contribution >= 0.6 is 0 Å². The molecule has 1 aliphatic rings. The van der Waals surface area contributed by atoms with E-state index in [2.05, 4.69) is 26.1 Å². The number of benzene rings is 1. The van der Waals surface area contributed by atoms with E-state index in [9.17, 15) is 9.90 Å². The van der Waals surface area contributed by atoms with Gasteiger partial charge in [-0.15, -0.1) is 0 Å². The molecule has 0 aromatic heterocycles. The molecule has 0 spiro atoms. The summed E-state index contributed by atoms with van der Waals surface area (Å²) in [6.45, 7) is 6.67. The molecule has 1 saturated carbocycles. The first-order valence-corrected chi connectivity index (χ1v) is 7.92. The minimum absolute atomic E-state index is 0.0737. The Bertz CT molecular complexity index is 496. The van der Waals surface area contributed by atoms with Gasteiger partial charge in [0.05, 0.1) is 5.60 Å². The molecule has 0 saturated heterocycles. The Labute approximate surface area is 127 Å². The van der Waals surface area contributed by atoms with Gasteiger partial charge in [-0.25, -0.2) is 0 Å². The Kier molecular flexibility index (Phi) is 4.72. The summed E-state index contributed by atoms with van der Waals surface area (Å²) in [5.74, 6) is -0.0838. The van der Waals surface area contributed by atoms with Crippen LogP contribution in [0.15, 0.2) is 24.3 Å². The van der Waals surface area contributed by atoms with Gasteiger partial charge >= 0.3 is 0 Å². The van der Waals surface area contributed by atoms with Gasteiger partial charge in [-0.2, -0.15) is 0 Å². The van der Waals surface area contributed by atoms with Crippen LogP contribution < -0.4 is 5.32 Å². The van der Waals surface area contributed by atoms with Crippen molar-refractivity contribution in [1.29, 1.82) is 0 Å². The summed E-state index contributed by atoms with van der Waals surface area (Å²) in [6, 6.07) is 7.72. The second-order valence-electron chi connectivity index (χ2n) is 7.26. The average molecular weight is 289 g/mol. The van der Waals surface area contributed by atoms with Crippen LogP contribution in [0.4, 0.5) is 0 Å². The Morgan fingerprint density at radius 3 is 2.43 bits per heavy atom. The molecule has 2 N–H and O–H groups in total. The zero-order valence-electron chi connectivity index (χ0n) is 13.4. The number of nitrogens with one attached hydrogen (secondary N) is 1. The standard InChI is InChI=1S/C18H27NO2/c1-17(2,3)15-10-6-5-9-14(15)16(20)19-13-18(21)11-7-4-8-12-18/h5-6,9-10,21H,4,7-8,11-13H2,1-3H3,(H,19,20). The molecule has 116 valence electrons. The topological polar surface area (TPSA) is 49.3 Å². The first-order valence-electron chi connectivity index (χ1n) is 7.92. The summed E-state index contributed by atoms with van der Waals surface area (Å²) < 4.78 is 0. The van der Waals surface area contributed by atoms with E-state index in [-0.39, 0.29) is 11.3 Å². The van der Waals surface area contributed by atoms with E-state index in [0.29, 0.717) is 12.1 Å². The maximum atomic E-state index is 12.5. The lowest BCUT2D eigenvalue weighted by Crippen LogP contribution is -2.44. The summed E-state index contributed by atoms with van der Waals surface area (Å²) in [5, 5.41) is 13.4. The van der Waals surface area contributed by atoms with Crippen molar-refractivity contribution < 1.29 is 9.90 Å². The SMILES string of the molecule is CC(C)(C)c1ccccc1C(=O)NCC1(O)CCCCC1. The minimum atomic E-state index is -0.718. The highest BCUT2D eigenvalue weighted by atomic mass is 16.3. The number of amides is 1. The normalized spacial score (nSPS) is 18.3. The van der Waals surface area contributed by atoms with E-state index < -0.39 is 5.60 Å². The number of rotatable bonds is 3. The quantitative estimate of drug-likeness (QED) is 0.896. The maximum absolute atomic E-state index is 12.5. The van der Waals surface area contributed by atoms with Gasteiger partial charge in [0, 0.05) is 12.1 Å². The fourth-order valence-electron chi connectivity index (χ4n) is 3.06. The number of carbonyl (C=O) groups is 1. The van der Waals surface area contributed by atoms with Crippen molar-refractivity contribution in [1.82, 2.24) is 5.32 Å². The van der Waals surface area contributed by atoms with Crippen molar-refractivity contribution in [3.8, 4) is 0 Å². The minimum Gasteiger partial charge on any atom is -0.388 e. The fourth-order valence-corrected chi connectivity index (χ4v) is 3.06. The third-order valence-electron chi connectivity index (χ3n) is 4.34. The average Bonchev–Trinajstić information content (AvgIpc) is 2.45. The third kappa shape index (κ3) is 4.07. The lowest BCUT2D eigenvalue weighted by molar-refractivity contribution is 0.00524. The molecular formula is C18H27NO2. The molecule has 1 aromatic carbocycles. The Morgan fingerprint density at radius 2 is 1.81 bits per heavy atom. The number of hydrogen-bond acceptors (Lipinski definition) is 2. The van der Waals surface area contributed by atoms with Crippen LogP contribution in [0, 0.1) is 0 Å². The molecule has 0 aliphatic heterocycles. The van der Waals surface area contributed by atoms with Gasteiger partial charge in [0.15, 0.2) is 0 Å². The van der Waals surface area contributed by atoms with Crippen molar-refractivity contribution in [3.63, 3.8) is 0 Å². The molecule has 0 bridgehead atoms. The molecule has 2 rings (SSSR count). The van der Waals surface area contributed by atoms with Gasteiger partial charge < -0.3 is 10.4 Å². The molecule has 0 unspecified atom stereocenters. The third-order valence-corrected chi connectivity index (χ3v) is 4.34. The lowest BCUT2D eigenvalue weighted by Gasteiger charge is -2.32. The summed E-state index contributed by atoms with van der Waals surface area (Å²) in [7, 11) is 0. The number of aliphatic hydroxyl groups is 1. The van der Waals surface area contributed by atoms with Crippen LogP contribution in [0.1, 0.15) is 68.8 Å². The van der Waals surface area contributed by atoms with Gasteiger partial charge in [-0.3, -0.25) is 4.79 Å².